The van der Waals surface area contributed by atoms with Crippen LogP contribution in [0.2, 0.25) is 0 Å². The monoisotopic (exact) mass is 122 g/mol. The highest BCUT2D eigenvalue weighted by atomic mass is 13.9. The molecule has 0 fully saturated rings. The third kappa shape index (κ3) is 2.91. The van der Waals surface area contributed by atoms with Gasteiger partial charge >= 0.3 is 0 Å². The molecule has 0 aromatic carbocycles. The minimum Gasteiger partial charge on any atom is -0.0915 e. The summed E-state index contributed by atoms with van der Waals surface area (Å²) in [4.78, 5) is 0. The van der Waals surface area contributed by atoms with Gasteiger partial charge < -0.3 is 0 Å². The van der Waals surface area contributed by atoms with Crippen molar-refractivity contribution in [2.45, 2.75) is 20.8 Å². The molecule has 0 spiro atoms. The lowest BCUT2D eigenvalue weighted by Crippen LogP contribution is -1.75. The zero-order chi connectivity index (χ0) is 7.28. The Morgan fingerprint density at radius 3 is 2.22 bits per heavy atom. The first-order valence-electron chi connectivity index (χ1n) is 3.17. The zero-order valence-electron chi connectivity index (χ0n) is 6.44. The first kappa shape index (κ1) is 8.22. The molecular formula is C9H14. The van der Waals surface area contributed by atoms with Crippen molar-refractivity contribution in [1.82, 2.24) is 0 Å². The number of hydrogen-bond donors (Lipinski definition) is 0. The summed E-state index contributed by atoms with van der Waals surface area (Å²) in [7, 11) is 0. The highest BCUT2D eigenvalue weighted by Gasteiger charge is 1.86. The van der Waals surface area contributed by atoms with Gasteiger partial charge in [0.15, 0.2) is 0 Å². The Kier molecular flexibility index (Phi) is 3.78. The zero-order valence-corrected chi connectivity index (χ0v) is 6.44. The molecule has 0 heteroatoms. The van der Waals surface area contributed by atoms with Crippen LogP contribution in [0, 0.1) is 0 Å². The van der Waals surface area contributed by atoms with Gasteiger partial charge in [0.25, 0.3) is 0 Å². The predicted octanol–water partition coefficient (Wildman–Crippen LogP) is 3.08. The van der Waals surface area contributed by atoms with Crippen molar-refractivity contribution < 1.29 is 0 Å². The van der Waals surface area contributed by atoms with Gasteiger partial charge in [-0.05, 0) is 31.9 Å². The van der Waals surface area contributed by atoms with Crippen LogP contribution in [-0.4, -0.2) is 0 Å². The van der Waals surface area contributed by atoms with Crippen molar-refractivity contribution in [3.8, 4) is 0 Å². The smallest absolute Gasteiger partial charge is 0.0306 e. The van der Waals surface area contributed by atoms with Gasteiger partial charge in [-0.2, -0.15) is 0 Å². The Balaban J connectivity index is 4.05. The van der Waals surface area contributed by atoms with Crippen LogP contribution >= 0.6 is 0 Å². The van der Waals surface area contributed by atoms with E-state index in [1.165, 1.54) is 5.57 Å². The molecule has 9 heavy (non-hydrogen) atoms. The Bertz CT molecular complexity index is 147. The fourth-order valence-corrected chi connectivity index (χ4v) is 0.518. The molecule has 0 aliphatic carbocycles. The van der Waals surface area contributed by atoms with Crippen LogP contribution in [0.25, 0.3) is 0 Å². The number of hydrogen-bond acceptors (Lipinski definition) is 0. The molecule has 0 N–H and O–H groups in total. The van der Waals surface area contributed by atoms with Gasteiger partial charge in [-0.15, -0.1) is 0 Å². The van der Waals surface area contributed by atoms with Crippen LogP contribution < -0.4 is 0 Å². The lowest BCUT2D eigenvalue weighted by Gasteiger charge is -1.95. The minimum absolute atomic E-state index is 1.10. The van der Waals surface area contributed by atoms with E-state index in [0.29, 0.717) is 0 Å². The first-order chi connectivity index (χ1) is 4.22. The van der Waals surface area contributed by atoms with Crippen LogP contribution in [0.15, 0.2) is 36.0 Å². The molecule has 0 aromatic heterocycles. The lowest BCUT2D eigenvalue weighted by molar-refractivity contribution is 1.41. The molecule has 0 heterocycles. The molecule has 0 aliphatic heterocycles. The molecule has 0 bridgehead atoms. The summed E-state index contributed by atoms with van der Waals surface area (Å²) >= 11 is 0. The summed E-state index contributed by atoms with van der Waals surface area (Å²) in [5.41, 5.74) is 2.34. The SMILES string of the molecule is C=C(/C=C\C)/C(C)=C/C. The average Bonchev–Trinajstić information content (AvgIpc) is 1.87. The fraction of sp³-hybridized carbons (Fsp3) is 0.333. The van der Waals surface area contributed by atoms with Crippen LogP contribution in [-0.2, 0) is 0 Å². The van der Waals surface area contributed by atoms with Gasteiger partial charge in [-0.3, -0.25) is 0 Å². The molecular weight excluding hydrogens is 108 g/mol. The standard InChI is InChI=1S/C9H14/c1-5-7-9(4)8(3)6-2/h5-7H,4H2,1-3H3/b7-5-,8-6+. The molecule has 0 unspecified atom stereocenters. The van der Waals surface area contributed by atoms with E-state index in [-0.39, 0.29) is 0 Å². The predicted molar refractivity (Wildman–Crippen MR) is 43.4 cm³/mol. The highest BCUT2D eigenvalue weighted by Crippen LogP contribution is 2.06. The van der Waals surface area contributed by atoms with Crippen molar-refractivity contribution >= 4 is 0 Å². The van der Waals surface area contributed by atoms with Gasteiger partial charge in [0.1, 0.15) is 0 Å². The van der Waals surface area contributed by atoms with Gasteiger partial charge in [0, 0.05) is 0 Å². The van der Waals surface area contributed by atoms with Crippen molar-refractivity contribution in [3.63, 3.8) is 0 Å². The van der Waals surface area contributed by atoms with E-state index in [1.807, 2.05) is 26.0 Å². The van der Waals surface area contributed by atoms with E-state index in [0.717, 1.165) is 5.57 Å². The second-order valence-electron chi connectivity index (χ2n) is 2.00. The van der Waals surface area contributed by atoms with Gasteiger partial charge in [0.2, 0.25) is 0 Å². The second kappa shape index (κ2) is 4.13. The highest BCUT2D eigenvalue weighted by molar-refractivity contribution is 5.34. The normalized spacial score (nSPS) is 12.6. The van der Waals surface area contributed by atoms with Crippen molar-refractivity contribution in [1.29, 1.82) is 0 Å². The number of rotatable bonds is 2. The molecule has 50 valence electrons. The topological polar surface area (TPSA) is 0 Å². The second-order valence-corrected chi connectivity index (χ2v) is 2.00. The molecule has 0 atom stereocenters. The summed E-state index contributed by atoms with van der Waals surface area (Å²) in [5, 5.41) is 0. The van der Waals surface area contributed by atoms with E-state index >= 15 is 0 Å². The average molecular weight is 122 g/mol. The van der Waals surface area contributed by atoms with Crippen molar-refractivity contribution in [3.05, 3.63) is 36.0 Å². The van der Waals surface area contributed by atoms with E-state index in [2.05, 4.69) is 19.6 Å². The van der Waals surface area contributed by atoms with Gasteiger partial charge in [-0.25, -0.2) is 0 Å². The maximum Gasteiger partial charge on any atom is -0.0306 e. The third-order valence-corrected chi connectivity index (χ3v) is 1.31. The Morgan fingerprint density at radius 2 is 1.89 bits per heavy atom. The maximum absolute atomic E-state index is 3.86. The molecule has 0 saturated carbocycles. The van der Waals surface area contributed by atoms with E-state index in [4.69, 9.17) is 0 Å². The Morgan fingerprint density at radius 1 is 1.33 bits per heavy atom. The third-order valence-electron chi connectivity index (χ3n) is 1.31. The van der Waals surface area contributed by atoms with Crippen LogP contribution in [0.3, 0.4) is 0 Å². The van der Waals surface area contributed by atoms with Gasteiger partial charge in [0.05, 0.1) is 0 Å². The molecule has 0 aromatic rings. The summed E-state index contributed by atoms with van der Waals surface area (Å²) in [6.07, 6.45) is 6.06. The summed E-state index contributed by atoms with van der Waals surface area (Å²) < 4.78 is 0. The van der Waals surface area contributed by atoms with Gasteiger partial charge in [-0.1, -0.05) is 24.8 Å². The summed E-state index contributed by atoms with van der Waals surface area (Å²) in [6, 6.07) is 0. The molecule has 0 amide bonds. The van der Waals surface area contributed by atoms with E-state index in [9.17, 15) is 0 Å². The number of allylic oxidation sites excluding steroid dienone is 5. The fourth-order valence-electron chi connectivity index (χ4n) is 0.518. The molecule has 0 aliphatic rings. The molecule has 0 nitrogen and oxygen atoms in total. The summed E-state index contributed by atoms with van der Waals surface area (Å²) in [6.45, 7) is 9.93. The minimum atomic E-state index is 1.10. The molecule has 0 saturated heterocycles. The Labute approximate surface area is 57.6 Å². The van der Waals surface area contributed by atoms with Crippen molar-refractivity contribution in [2.75, 3.05) is 0 Å². The van der Waals surface area contributed by atoms with E-state index in [1.54, 1.807) is 0 Å². The van der Waals surface area contributed by atoms with E-state index < -0.39 is 0 Å². The van der Waals surface area contributed by atoms with Crippen LogP contribution in [0.4, 0.5) is 0 Å². The van der Waals surface area contributed by atoms with Crippen molar-refractivity contribution in [2.24, 2.45) is 0 Å². The summed E-state index contributed by atoms with van der Waals surface area (Å²) in [5.74, 6) is 0. The van der Waals surface area contributed by atoms with Crippen LogP contribution in [0.5, 0.6) is 0 Å². The maximum atomic E-state index is 3.86. The lowest BCUT2D eigenvalue weighted by atomic mass is 10.1. The van der Waals surface area contributed by atoms with Crippen LogP contribution in [0.1, 0.15) is 20.8 Å². The Hall–Kier alpha value is -0.780. The molecule has 0 radical (unpaired) electrons. The molecule has 0 rings (SSSR count). The largest absolute Gasteiger partial charge is 0.0915 e. The first-order valence-corrected chi connectivity index (χ1v) is 3.17. The quantitative estimate of drug-likeness (QED) is 0.494.